The van der Waals surface area contributed by atoms with E-state index >= 15 is 0 Å². The van der Waals surface area contributed by atoms with Gasteiger partial charge in [-0.05, 0) is 73.0 Å². The Morgan fingerprint density at radius 1 is 0.955 bits per heavy atom. The summed E-state index contributed by atoms with van der Waals surface area (Å²) in [6, 6.07) is 0. The summed E-state index contributed by atoms with van der Waals surface area (Å²) in [7, 11) is 0. The van der Waals surface area contributed by atoms with Gasteiger partial charge in [0.25, 0.3) is 0 Å². The van der Waals surface area contributed by atoms with Gasteiger partial charge in [-0.15, -0.1) is 0 Å². The lowest BCUT2D eigenvalue weighted by molar-refractivity contribution is -0.153. The molecule has 0 aliphatic heterocycles. The Kier molecular flexibility index (Phi) is 3.51. The summed E-state index contributed by atoms with van der Waals surface area (Å²) < 4.78 is 0. The number of hydrogen-bond donors (Lipinski definition) is 0. The summed E-state index contributed by atoms with van der Waals surface area (Å²) in [4.78, 5) is 12.9. The van der Waals surface area contributed by atoms with E-state index < -0.39 is 0 Å². The summed E-state index contributed by atoms with van der Waals surface area (Å²) in [6.45, 7) is 7.46. The standard InChI is InChI=1S/C21H34O/c1-4-14-8-9-16-15-13-19(22)18-7-5-6-11-21(18,3)17(15)10-12-20(14,16)2/h14-18H,4-13H2,1-3H3/t14-,15-,16-,17-,18-,20+,21-/m0/s1. The lowest BCUT2D eigenvalue weighted by Gasteiger charge is -2.59. The van der Waals surface area contributed by atoms with Crippen LogP contribution in [0.4, 0.5) is 0 Å². The van der Waals surface area contributed by atoms with Crippen molar-refractivity contribution >= 4 is 5.78 Å². The van der Waals surface area contributed by atoms with Crippen molar-refractivity contribution in [3.8, 4) is 0 Å². The minimum absolute atomic E-state index is 0.351. The summed E-state index contributed by atoms with van der Waals surface area (Å²) in [5, 5.41) is 0. The molecular weight excluding hydrogens is 268 g/mol. The molecular formula is C21H34O. The molecule has 4 rings (SSSR count). The van der Waals surface area contributed by atoms with Gasteiger partial charge in [-0.2, -0.15) is 0 Å². The van der Waals surface area contributed by atoms with Crippen LogP contribution in [-0.2, 0) is 4.79 Å². The summed E-state index contributed by atoms with van der Waals surface area (Å²) in [5.74, 6) is 4.40. The molecule has 0 aromatic rings. The number of fused-ring (bicyclic) bond motifs is 5. The molecule has 22 heavy (non-hydrogen) atoms. The largest absolute Gasteiger partial charge is 0.299 e. The van der Waals surface area contributed by atoms with Crippen molar-refractivity contribution in [2.45, 2.75) is 85.0 Å². The van der Waals surface area contributed by atoms with E-state index in [0.717, 1.165) is 30.1 Å². The summed E-state index contributed by atoms with van der Waals surface area (Å²) in [5.41, 5.74) is 0.901. The van der Waals surface area contributed by atoms with Gasteiger partial charge in [-0.25, -0.2) is 0 Å². The van der Waals surface area contributed by atoms with Gasteiger partial charge < -0.3 is 0 Å². The molecule has 0 saturated heterocycles. The maximum Gasteiger partial charge on any atom is 0.136 e. The van der Waals surface area contributed by atoms with E-state index in [1.54, 1.807) is 0 Å². The summed E-state index contributed by atoms with van der Waals surface area (Å²) >= 11 is 0. The molecule has 1 nitrogen and oxygen atoms in total. The highest BCUT2D eigenvalue weighted by Crippen LogP contribution is 2.67. The van der Waals surface area contributed by atoms with Gasteiger partial charge in [0.05, 0.1) is 0 Å². The van der Waals surface area contributed by atoms with Gasteiger partial charge in [0.15, 0.2) is 0 Å². The van der Waals surface area contributed by atoms with Crippen LogP contribution in [0.25, 0.3) is 0 Å². The molecule has 1 heteroatoms. The molecule has 7 atom stereocenters. The first kappa shape index (κ1) is 15.2. The van der Waals surface area contributed by atoms with E-state index in [2.05, 4.69) is 20.8 Å². The van der Waals surface area contributed by atoms with Crippen LogP contribution in [0.5, 0.6) is 0 Å². The molecule has 0 aromatic heterocycles. The normalized spacial score (nSPS) is 54.5. The van der Waals surface area contributed by atoms with Crippen LogP contribution in [0.2, 0.25) is 0 Å². The number of carbonyl (C=O) groups is 1. The Bertz CT molecular complexity index is 469. The Balaban J connectivity index is 1.67. The van der Waals surface area contributed by atoms with E-state index in [-0.39, 0.29) is 0 Å². The average Bonchev–Trinajstić information content (AvgIpc) is 2.84. The number of Topliss-reactive ketones (excluding diaryl/α,β-unsaturated/α-hetero) is 1. The van der Waals surface area contributed by atoms with E-state index in [1.165, 1.54) is 57.8 Å². The SMILES string of the molecule is CC[C@H]1CC[C@H]2[C@@H]3CC(=O)[C@@H]4CCCC[C@@]4(C)[C@H]3CC[C@]12C. The fraction of sp³-hybridized carbons (Fsp3) is 0.952. The molecule has 0 N–H and O–H groups in total. The van der Waals surface area contributed by atoms with Crippen LogP contribution in [-0.4, -0.2) is 5.78 Å². The van der Waals surface area contributed by atoms with Gasteiger partial charge in [-0.3, -0.25) is 4.79 Å². The third-order valence-corrected chi connectivity index (χ3v) is 9.05. The highest BCUT2D eigenvalue weighted by Gasteiger charge is 2.61. The molecule has 0 radical (unpaired) electrons. The smallest absolute Gasteiger partial charge is 0.136 e. The molecule has 0 spiro atoms. The average molecular weight is 303 g/mol. The monoisotopic (exact) mass is 302 g/mol. The minimum atomic E-state index is 0.351. The zero-order chi connectivity index (χ0) is 15.5. The van der Waals surface area contributed by atoms with Crippen molar-refractivity contribution < 1.29 is 4.79 Å². The number of rotatable bonds is 1. The van der Waals surface area contributed by atoms with Crippen molar-refractivity contribution in [1.29, 1.82) is 0 Å². The predicted molar refractivity (Wildman–Crippen MR) is 90.5 cm³/mol. The van der Waals surface area contributed by atoms with Gasteiger partial charge in [0.2, 0.25) is 0 Å². The topological polar surface area (TPSA) is 17.1 Å². The fourth-order valence-electron chi connectivity index (χ4n) is 7.88. The van der Waals surface area contributed by atoms with Crippen molar-refractivity contribution in [2.24, 2.45) is 40.4 Å². The Labute approximate surface area is 136 Å². The lowest BCUT2D eigenvalue weighted by Crippen LogP contribution is -2.55. The predicted octanol–water partition coefficient (Wildman–Crippen LogP) is 5.62. The fourth-order valence-corrected chi connectivity index (χ4v) is 7.88. The van der Waals surface area contributed by atoms with Crippen molar-refractivity contribution in [3.05, 3.63) is 0 Å². The highest BCUT2D eigenvalue weighted by atomic mass is 16.1. The quantitative estimate of drug-likeness (QED) is 0.614. The maximum atomic E-state index is 12.9. The second kappa shape index (κ2) is 5.08. The Morgan fingerprint density at radius 3 is 2.50 bits per heavy atom. The molecule has 4 saturated carbocycles. The van der Waals surface area contributed by atoms with Gasteiger partial charge >= 0.3 is 0 Å². The zero-order valence-corrected chi connectivity index (χ0v) is 14.9. The van der Waals surface area contributed by atoms with Crippen LogP contribution in [0.15, 0.2) is 0 Å². The lowest BCUT2D eigenvalue weighted by atomic mass is 9.44. The van der Waals surface area contributed by atoms with E-state index in [9.17, 15) is 4.79 Å². The van der Waals surface area contributed by atoms with Gasteiger partial charge in [0, 0.05) is 12.3 Å². The molecule has 0 unspecified atom stereocenters. The number of hydrogen-bond acceptors (Lipinski definition) is 1. The second-order valence-corrected chi connectivity index (χ2v) is 9.58. The molecule has 124 valence electrons. The van der Waals surface area contributed by atoms with E-state index in [0.29, 0.717) is 22.5 Å². The Morgan fingerprint density at radius 2 is 1.73 bits per heavy atom. The minimum Gasteiger partial charge on any atom is -0.299 e. The molecule has 0 heterocycles. The van der Waals surface area contributed by atoms with E-state index in [4.69, 9.17) is 0 Å². The van der Waals surface area contributed by atoms with Crippen LogP contribution in [0.1, 0.15) is 85.0 Å². The zero-order valence-electron chi connectivity index (χ0n) is 14.9. The van der Waals surface area contributed by atoms with Gasteiger partial charge in [0.1, 0.15) is 5.78 Å². The van der Waals surface area contributed by atoms with Crippen LogP contribution >= 0.6 is 0 Å². The van der Waals surface area contributed by atoms with Crippen molar-refractivity contribution in [3.63, 3.8) is 0 Å². The van der Waals surface area contributed by atoms with Crippen LogP contribution in [0, 0.1) is 40.4 Å². The second-order valence-electron chi connectivity index (χ2n) is 9.58. The molecule has 0 amide bonds. The first-order valence-electron chi connectivity index (χ1n) is 10.0. The summed E-state index contributed by atoms with van der Waals surface area (Å²) in [6.07, 6.45) is 13.1. The molecule has 0 aromatic carbocycles. The molecule has 4 aliphatic carbocycles. The first-order chi connectivity index (χ1) is 10.5. The van der Waals surface area contributed by atoms with Crippen LogP contribution < -0.4 is 0 Å². The Hall–Kier alpha value is -0.330. The first-order valence-corrected chi connectivity index (χ1v) is 10.0. The van der Waals surface area contributed by atoms with E-state index in [1.807, 2.05) is 0 Å². The number of ketones is 1. The molecule has 4 fully saturated rings. The van der Waals surface area contributed by atoms with Crippen LogP contribution in [0.3, 0.4) is 0 Å². The number of carbonyl (C=O) groups excluding carboxylic acids is 1. The maximum absolute atomic E-state index is 12.9. The van der Waals surface area contributed by atoms with Gasteiger partial charge in [-0.1, -0.05) is 40.0 Å². The third kappa shape index (κ3) is 1.86. The van der Waals surface area contributed by atoms with Crippen molar-refractivity contribution in [1.82, 2.24) is 0 Å². The highest BCUT2D eigenvalue weighted by molar-refractivity contribution is 5.83. The molecule has 0 bridgehead atoms. The van der Waals surface area contributed by atoms with Crippen molar-refractivity contribution in [2.75, 3.05) is 0 Å². The third-order valence-electron chi connectivity index (χ3n) is 9.05. The molecule has 4 aliphatic rings.